The van der Waals surface area contributed by atoms with E-state index in [9.17, 15) is 18.0 Å². The van der Waals surface area contributed by atoms with E-state index < -0.39 is 29.2 Å². The fraction of sp³-hybridized carbons (Fsp3) is 0. The van der Waals surface area contributed by atoms with Gasteiger partial charge in [-0.2, -0.15) is 0 Å². The molecular weight excluding hydrogens is 185 g/mol. The van der Waals surface area contributed by atoms with Crippen LogP contribution in [0.15, 0.2) is 12.1 Å². The molecular formula is C7H9F3N2O. The summed E-state index contributed by atoms with van der Waals surface area (Å²) in [4.78, 5) is 10.2. The molecule has 0 radical (unpaired) electrons. The molecule has 0 saturated heterocycles. The van der Waals surface area contributed by atoms with Crippen LogP contribution in [0.5, 0.6) is 0 Å². The zero-order valence-corrected chi connectivity index (χ0v) is 6.27. The predicted octanol–water partition coefficient (Wildman–Crippen LogP) is 2.09. The van der Waals surface area contributed by atoms with Gasteiger partial charge in [0, 0.05) is 15.0 Å². The molecule has 0 atom stereocenters. The Bertz CT molecular complexity index is 362. The average Bonchev–Trinajstić information content (AvgIpc) is 1.99. The number of urea groups is 1. The molecule has 1 rings (SSSR count). The minimum Gasteiger partial charge on any atom is -0.351 e. The average molecular weight is 194 g/mol. The van der Waals surface area contributed by atoms with Crippen LogP contribution in [0, 0.1) is 17.5 Å². The van der Waals surface area contributed by atoms with Gasteiger partial charge in [0.2, 0.25) is 0 Å². The first-order valence-corrected chi connectivity index (χ1v) is 3.21. The van der Waals surface area contributed by atoms with Crippen molar-refractivity contribution in [1.82, 2.24) is 0 Å². The van der Waals surface area contributed by atoms with Crippen LogP contribution in [0.25, 0.3) is 0 Å². The van der Waals surface area contributed by atoms with Crippen LogP contribution in [0.1, 0.15) is 2.85 Å². The Morgan fingerprint density at radius 3 is 2.31 bits per heavy atom. The fourth-order valence-corrected chi connectivity index (χ4v) is 0.751. The third kappa shape index (κ3) is 2.11. The predicted molar refractivity (Wildman–Crippen MR) is 43.8 cm³/mol. The van der Waals surface area contributed by atoms with Crippen molar-refractivity contribution < 1.29 is 20.8 Å². The molecule has 1 aromatic carbocycles. The smallest absolute Gasteiger partial charge is 0.316 e. The van der Waals surface area contributed by atoms with Crippen LogP contribution in [0.3, 0.4) is 0 Å². The van der Waals surface area contributed by atoms with Crippen molar-refractivity contribution in [3.05, 3.63) is 29.6 Å². The Kier molecular flexibility index (Phi) is 2.41. The summed E-state index contributed by atoms with van der Waals surface area (Å²) in [5.41, 5.74) is 4.15. The van der Waals surface area contributed by atoms with E-state index in [2.05, 4.69) is 5.73 Å². The number of carbonyl (C=O) groups is 1. The molecule has 0 unspecified atom stereocenters. The molecule has 0 spiro atoms. The standard InChI is InChI=1S/C7H5F3N2O.2H2/c8-3-1-5(10)6(2-4(3)9)12-7(11)13;;/h1-2H,(H3,11,12,13);2*1H. The van der Waals surface area contributed by atoms with E-state index in [-0.39, 0.29) is 2.85 Å². The summed E-state index contributed by atoms with van der Waals surface area (Å²) in [6.45, 7) is 0. The lowest BCUT2D eigenvalue weighted by Gasteiger charge is -2.03. The van der Waals surface area contributed by atoms with Crippen molar-refractivity contribution in [2.45, 2.75) is 0 Å². The van der Waals surface area contributed by atoms with E-state index in [0.29, 0.717) is 12.1 Å². The second-order valence-corrected chi connectivity index (χ2v) is 2.24. The van der Waals surface area contributed by atoms with Gasteiger partial charge in [0.05, 0.1) is 5.69 Å². The van der Waals surface area contributed by atoms with Gasteiger partial charge in [0.15, 0.2) is 11.6 Å². The number of benzene rings is 1. The Morgan fingerprint density at radius 2 is 1.77 bits per heavy atom. The summed E-state index contributed by atoms with van der Waals surface area (Å²) in [6.07, 6.45) is 0. The Morgan fingerprint density at radius 1 is 1.23 bits per heavy atom. The maximum atomic E-state index is 12.7. The van der Waals surface area contributed by atoms with E-state index in [4.69, 9.17) is 0 Å². The monoisotopic (exact) mass is 194 g/mol. The van der Waals surface area contributed by atoms with Gasteiger partial charge in [-0.1, -0.05) is 0 Å². The minimum atomic E-state index is -1.33. The molecule has 3 nitrogen and oxygen atoms in total. The number of anilines is 1. The first kappa shape index (κ1) is 9.37. The molecule has 0 fully saturated rings. The van der Waals surface area contributed by atoms with Crippen LogP contribution in [0.2, 0.25) is 0 Å². The van der Waals surface area contributed by atoms with Crippen LogP contribution >= 0.6 is 0 Å². The van der Waals surface area contributed by atoms with Gasteiger partial charge in [0.25, 0.3) is 0 Å². The van der Waals surface area contributed by atoms with Gasteiger partial charge in [0.1, 0.15) is 5.82 Å². The molecule has 74 valence electrons. The lowest BCUT2D eigenvalue weighted by Crippen LogP contribution is -2.20. The highest BCUT2D eigenvalue weighted by Crippen LogP contribution is 2.17. The van der Waals surface area contributed by atoms with E-state index in [1.807, 2.05) is 0 Å². The van der Waals surface area contributed by atoms with Gasteiger partial charge in [-0.3, -0.25) is 0 Å². The quantitative estimate of drug-likeness (QED) is 0.660. The number of nitrogens with one attached hydrogen (secondary N) is 1. The van der Waals surface area contributed by atoms with E-state index in [0.717, 1.165) is 0 Å². The number of rotatable bonds is 1. The molecule has 3 N–H and O–H groups in total. The summed E-state index contributed by atoms with van der Waals surface area (Å²) in [6, 6.07) is -0.222. The molecule has 6 heteroatoms. The van der Waals surface area contributed by atoms with E-state index in [1.54, 1.807) is 5.32 Å². The number of hydrogen-bond donors (Lipinski definition) is 2. The van der Waals surface area contributed by atoms with Gasteiger partial charge >= 0.3 is 6.03 Å². The second-order valence-electron chi connectivity index (χ2n) is 2.24. The zero-order chi connectivity index (χ0) is 10.0. The molecule has 0 aliphatic carbocycles. The Balaban J connectivity index is 0. The molecule has 2 amide bonds. The highest BCUT2D eigenvalue weighted by atomic mass is 19.2. The van der Waals surface area contributed by atoms with Gasteiger partial charge in [-0.15, -0.1) is 0 Å². The summed E-state index contributed by atoms with van der Waals surface area (Å²) < 4.78 is 37.5. The number of amides is 2. The van der Waals surface area contributed by atoms with E-state index >= 15 is 0 Å². The largest absolute Gasteiger partial charge is 0.351 e. The second kappa shape index (κ2) is 3.34. The van der Waals surface area contributed by atoms with E-state index in [1.165, 1.54) is 0 Å². The Labute approximate surface area is 74.3 Å². The lowest BCUT2D eigenvalue weighted by molar-refractivity contribution is 0.259. The van der Waals surface area contributed by atoms with Crippen molar-refractivity contribution in [2.24, 2.45) is 5.73 Å². The van der Waals surface area contributed by atoms with Crippen molar-refractivity contribution in [1.29, 1.82) is 0 Å². The summed E-state index contributed by atoms with van der Waals surface area (Å²) in [7, 11) is 0. The topological polar surface area (TPSA) is 55.1 Å². The maximum absolute atomic E-state index is 12.7. The SMILES string of the molecule is NC(=O)Nc1cc(F)c(F)cc1F.[HH].[HH]. The third-order valence-corrected chi connectivity index (χ3v) is 1.27. The van der Waals surface area contributed by atoms with Crippen molar-refractivity contribution in [3.8, 4) is 0 Å². The van der Waals surface area contributed by atoms with Crippen molar-refractivity contribution in [2.75, 3.05) is 5.32 Å². The molecule has 13 heavy (non-hydrogen) atoms. The first-order chi connectivity index (χ1) is 6.00. The Hall–Kier alpha value is -1.72. The van der Waals surface area contributed by atoms with Crippen molar-refractivity contribution in [3.63, 3.8) is 0 Å². The molecule has 1 aromatic rings. The summed E-state index contributed by atoms with van der Waals surface area (Å²) in [5.74, 6) is -3.67. The molecule has 0 saturated carbocycles. The molecule has 0 bridgehead atoms. The van der Waals surface area contributed by atoms with Crippen LogP contribution in [0.4, 0.5) is 23.7 Å². The van der Waals surface area contributed by atoms with Gasteiger partial charge in [-0.05, 0) is 0 Å². The summed E-state index contributed by atoms with van der Waals surface area (Å²) in [5, 5.41) is 1.80. The summed E-state index contributed by atoms with van der Waals surface area (Å²) >= 11 is 0. The van der Waals surface area contributed by atoms with Crippen LogP contribution < -0.4 is 11.1 Å². The third-order valence-electron chi connectivity index (χ3n) is 1.27. The molecule has 0 heterocycles. The number of carbonyl (C=O) groups excluding carboxylic acids is 1. The minimum absolute atomic E-state index is 0. The molecule has 0 aromatic heterocycles. The molecule has 0 aliphatic heterocycles. The van der Waals surface area contributed by atoms with Gasteiger partial charge < -0.3 is 11.1 Å². The van der Waals surface area contributed by atoms with Crippen LogP contribution in [-0.4, -0.2) is 6.03 Å². The highest BCUT2D eigenvalue weighted by molar-refractivity contribution is 5.87. The van der Waals surface area contributed by atoms with Crippen LogP contribution in [-0.2, 0) is 0 Å². The number of hydrogen-bond acceptors (Lipinski definition) is 1. The number of primary amides is 1. The zero-order valence-electron chi connectivity index (χ0n) is 6.27. The lowest BCUT2D eigenvalue weighted by atomic mass is 10.3. The molecule has 0 aliphatic rings. The number of nitrogens with two attached hydrogens (primary N) is 1. The highest BCUT2D eigenvalue weighted by Gasteiger charge is 2.10. The first-order valence-electron chi connectivity index (χ1n) is 3.21. The van der Waals surface area contributed by atoms with Crippen molar-refractivity contribution >= 4 is 11.7 Å². The normalized spacial score (nSPS) is 9.77. The number of halogens is 3. The van der Waals surface area contributed by atoms with Gasteiger partial charge in [-0.25, -0.2) is 18.0 Å². The fourth-order valence-electron chi connectivity index (χ4n) is 0.751. The maximum Gasteiger partial charge on any atom is 0.316 e.